The Morgan fingerprint density at radius 3 is 1.61 bits per heavy atom. The molecule has 0 bridgehead atoms. The lowest BCUT2D eigenvalue weighted by atomic mass is 10.0. The molecule has 0 aromatic heterocycles. The fourth-order valence-electron chi connectivity index (χ4n) is 1.48. The summed E-state index contributed by atoms with van der Waals surface area (Å²) in [6.45, 7) is 0. The molecular formula is C13H15N3O2. The third-order valence-corrected chi connectivity index (χ3v) is 2.38. The van der Waals surface area contributed by atoms with Crippen LogP contribution in [0.3, 0.4) is 0 Å². The first-order valence-corrected chi connectivity index (χ1v) is 5.19. The summed E-state index contributed by atoms with van der Waals surface area (Å²) < 4.78 is 0. The third-order valence-electron chi connectivity index (χ3n) is 2.38. The van der Waals surface area contributed by atoms with Crippen molar-refractivity contribution in [3.63, 3.8) is 0 Å². The van der Waals surface area contributed by atoms with Gasteiger partial charge in [0, 0.05) is 5.69 Å². The van der Waals surface area contributed by atoms with Gasteiger partial charge in [-0.3, -0.25) is 11.7 Å². The van der Waals surface area contributed by atoms with Crippen LogP contribution in [-0.2, 0) is 0 Å². The molecule has 2 aromatic rings. The third kappa shape index (κ3) is 3.31. The molecule has 94 valence electrons. The molecule has 2 aromatic carbocycles. The number of carboxylic acids is 1. The van der Waals surface area contributed by atoms with Gasteiger partial charge in [0.1, 0.15) is 0 Å². The van der Waals surface area contributed by atoms with E-state index in [1.54, 1.807) is 24.3 Å². The van der Waals surface area contributed by atoms with Crippen molar-refractivity contribution in [2.24, 2.45) is 11.7 Å². The molecule has 5 nitrogen and oxygen atoms in total. The summed E-state index contributed by atoms with van der Waals surface area (Å²) in [5, 5.41) is 8.77. The highest BCUT2D eigenvalue weighted by molar-refractivity contribution is 5.88. The molecule has 7 N–H and O–H groups in total. The van der Waals surface area contributed by atoms with E-state index in [0.717, 1.165) is 11.1 Å². The first kappa shape index (κ1) is 13.7. The van der Waals surface area contributed by atoms with E-state index in [1.165, 1.54) is 0 Å². The van der Waals surface area contributed by atoms with E-state index in [4.69, 9.17) is 10.8 Å². The summed E-state index contributed by atoms with van der Waals surface area (Å²) in [4.78, 5) is 10.7. The van der Waals surface area contributed by atoms with Crippen molar-refractivity contribution in [3.8, 4) is 11.1 Å². The van der Waals surface area contributed by atoms with Crippen molar-refractivity contribution in [1.29, 1.82) is 0 Å². The van der Waals surface area contributed by atoms with Crippen molar-refractivity contribution in [2.75, 3.05) is 5.73 Å². The Labute approximate surface area is 105 Å². The Balaban J connectivity index is 0.000000771. The average molecular weight is 245 g/mol. The maximum absolute atomic E-state index is 10.7. The minimum atomic E-state index is -0.913. The van der Waals surface area contributed by atoms with Gasteiger partial charge in [0.05, 0.1) is 5.56 Å². The maximum Gasteiger partial charge on any atom is 0.335 e. The van der Waals surface area contributed by atoms with Gasteiger partial charge >= 0.3 is 5.97 Å². The van der Waals surface area contributed by atoms with Crippen LogP contribution < -0.4 is 17.4 Å². The first-order valence-electron chi connectivity index (χ1n) is 5.19. The van der Waals surface area contributed by atoms with Crippen LogP contribution in [0.1, 0.15) is 10.4 Å². The highest BCUT2D eigenvalue weighted by atomic mass is 16.4. The number of nitrogens with two attached hydrogens (primary N) is 3. The Morgan fingerprint density at radius 1 is 0.833 bits per heavy atom. The van der Waals surface area contributed by atoms with Crippen LogP contribution in [0, 0.1) is 0 Å². The number of benzene rings is 2. The van der Waals surface area contributed by atoms with Gasteiger partial charge in [0.2, 0.25) is 0 Å². The number of aromatic carboxylic acids is 1. The van der Waals surface area contributed by atoms with Gasteiger partial charge in [0.25, 0.3) is 0 Å². The second-order valence-corrected chi connectivity index (χ2v) is 3.50. The second kappa shape index (κ2) is 6.39. The Morgan fingerprint density at radius 2 is 1.22 bits per heavy atom. The van der Waals surface area contributed by atoms with Crippen LogP contribution in [0.15, 0.2) is 48.5 Å². The maximum atomic E-state index is 10.7. The fourth-order valence-corrected chi connectivity index (χ4v) is 1.48. The lowest BCUT2D eigenvalue weighted by Gasteiger charge is -2.02. The SMILES string of the molecule is NN.Nc1ccc(-c2ccc(C(=O)O)cc2)cc1. The Bertz CT molecular complexity index is 507. The summed E-state index contributed by atoms with van der Waals surface area (Å²) in [5.41, 5.74) is 8.59. The zero-order chi connectivity index (χ0) is 13.5. The molecule has 0 atom stereocenters. The van der Waals surface area contributed by atoms with Crippen LogP contribution in [0.25, 0.3) is 11.1 Å². The normalized spacial score (nSPS) is 9.22. The lowest BCUT2D eigenvalue weighted by Crippen LogP contribution is -2.02. The van der Waals surface area contributed by atoms with E-state index in [1.807, 2.05) is 24.3 Å². The predicted molar refractivity (Wildman–Crippen MR) is 71.6 cm³/mol. The number of hydrogen-bond acceptors (Lipinski definition) is 4. The van der Waals surface area contributed by atoms with Crippen LogP contribution in [0.2, 0.25) is 0 Å². The molecule has 0 aliphatic rings. The van der Waals surface area contributed by atoms with Gasteiger partial charge in [-0.1, -0.05) is 24.3 Å². The Hall–Kier alpha value is -2.37. The number of anilines is 1. The summed E-state index contributed by atoms with van der Waals surface area (Å²) in [7, 11) is 0. The number of hydrogen-bond donors (Lipinski definition) is 4. The molecule has 0 unspecified atom stereocenters. The van der Waals surface area contributed by atoms with Crippen molar-refractivity contribution >= 4 is 11.7 Å². The number of carbonyl (C=O) groups is 1. The van der Waals surface area contributed by atoms with Gasteiger partial charge in [0.15, 0.2) is 0 Å². The molecule has 2 rings (SSSR count). The number of carboxylic acid groups (broad SMARTS) is 1. The molecule has 0 amide bonds. The summed E-state index contributed by atoms with van der Waals surface area (Å²) >= 11 is 0. The standard InChI is InChI=1S/C13H11NO2.H4N2/c14-12-7-5-10(6-8-12)9-1-3-11(4-2-9)13(15)16;1-2/h1-8H,14H2,(H,15,16);1-2H2. The molecule has 0 spiro atoms. The van der Waals surface area contributed by atoms with Crippen LogP contribution in [0.5, 0.6) is 0 Å². The Kier molecular flexibility index (Phi) is 4.86. The zero-order valence-corrected chi connectivity index (χ0v) is 9.71. The molecule has 0 aliphatic carbocycles. The summed E-state index contributed by atoms with van der Waals surface area (Å²) in [6, 6.07) is 14.2. The largest absolute Gasteiger partial charge is 0.478 e. The highest BCUT2D eigenvalue weighted by Crippen LogP contribution is 2.20. The van der Waals surface area contributed by atoms with E-state index < -0.39 is 5.97 Å². The van der Waals surface area contributed by atoms with Crippen molar-refractivity contribution in [3.05, 3.63) is 54.1 Å². The van der Waals surface area contributed by atoms with E-state index in [2.05, 4.69) is 11.7 Å². The second-order valence-electron chi connectivity index (χ2n) is 3.50. The molecule has 0 fully saturated rings. The lowest BCUT2D eigenvalue weighted by molar-refractivity contribution is 0.0697. The van der Waals surface area contributed by atoms with Gasteiger partial charge < -0.3 is 10.8 Å². The van der Waals surface area contributed by atoms with Gasteiger partial charge in [-0.15, -0.1) is 0 Å². The minimum Gasteiger partial charge on any atom is -0.478 e. The first-order chi connectivity index (χ1) is 8.66. The number of rotatable bonds is 2. The fraction of sp³-hybridized carbons (Fsp3) is 0. The predicted octanol–water partition coefficient (Wildman–Crippen LogP) is 1.45. The van der Waals surface area contributed by atoms with E-state index in [-0.39, 0.29) is 0 Å². The zero-order valence-electron chi connectivity index (χ0n) is 9.71. The van der Waals surface area contributed by atoms with Crippen molar-refractivity contribution in [1.82, 2.24) is 0 Å². The molecule has 0 radical (unpaired) electrons. The molecule has 0 heterocycles. The van der Waals surface area contributed by atoms with Crippen LogP contribution in [-0.4, -0.2) is 11.1 Å². The smallest absolute Gasteiger partial charge is 0.335 e. The minimum absolute atomic E-state index is 0.291. The molecule has 18 heavy (non-hydrogen) atoms. The van der Waals surface area contributed by atoms with E-state index >= 15 is 0 Å². The molecular weight excluding hydrogens is 230 g/mol. The van der Waals surface area contributed by atoms with Crippen LogP contribution >= 0.6 is 0 Å². The van der Waals surface area contributed by atoms with E-state index in [9.17, 15) is 4.79 Å². The van der Waals surface area contributed by atoms with Crippen molar-refractivity contribution < 1.29 is 9.90 Å². The average Bonchev–Trinajstić information content (AvgIpc) is 2.42. The monoisotopic (exact) mass is 245 g/mol. The van der Waals surface area contributed by atoms with Gasteiger partial charge in [-0.2, -0.15) is 0 Å². The number of nitrogen functional groups attached to an aromatic ring is 1. The molecule has 0 saturated carbocycles. The number of hydrazine groups is 1. The summed E-state index contributed by atoms with van der Waals surface area (Å²) in [5.74, 6) is 7.09. The van der Waals surface area contributed by atoms with Crippen molar-refractivity contribution in [2.45, 2.75) is 0 Å². The summed E-state index contributed by atoms with van der Waals surface area (Å²) in [6.07, 6.45) is 0. The highest BCUT2D eigenvalue weighted by Gasteiger charge is 2.02. The van der Waals surface area contributed by atoms with Crippen LogP contribution in [0.4, 0.5) is 5.69 Å². The topological polar surface area (TPSA) is 115 Å². The quantitative estimate of drug-likeness (QED) is 0.363. The molecule has 0 aliphatic heterocycles. The van der Waals surface area contributed by atoms with E-state index in [0.29, 0.717) is 11.3 Å². The van der Waals surface area contributed by atoms with Gasteiger partial charge in [-0.05, 0) is 35.4 Å². The van der Waals surface area contributed by atoms with Gasteiger partial charge in [-0.25, -0.2) is 4.79 Å². The molecule has 5 heteroatoms. The molecule has 0 saturated heterocycles.